The first-order valence-electron chi connectivity index (χ1n) is 3.72. The fourth-order valence-electron chi connectivity index (χ4n) is 1.03. The first-order valence-corrected chi connectivity index (χ1v) is 4.10. The van der Waals surface area contributed by atoms with Crippen LogP contribution in [0.5, 0.6) is 0 Å². The predicted molar refractivity (Wildman–Crippen MR) is 51.0 cm³/mol. The van der Waals surface area contributed by atoms with Gasteiger partial charge in [-0.2, -0.15) is 0 Å². The number of hydrogen-bond donors (Lipinski definition) is 1. The molecule has 0 aliphatic rings. The normalized spacial score (nSPS) is 9.79. The van der Waals surface area contributed by atoms with Crippen molar-refractivity contribution in [2.75, 3.05) is 0 Å². The van der Waals surface area contributed by atoms with Crippen molar-refractivity contribution in [2.45, 2.75) is 6.42 Å². The number of hydrogen-bond acceptors (Lipinski definition) is 3. The van der Waals surface area contributed by atoms with E-state index in [1.54, 1.807) is 0 Å². The van der Waals surface area contributed by atoms with Crippen LogP contribution in [0.2, 0.25) is 5.02 Å². The number of primary amides is 1. The second kappa shape index (κ2) is 4.06. The minimum atomic E-state index is -0.604. The molecule has 0 spiro atoms. The molecular formula is C8H7ClN2O3. The van der Waals surface area contributed by atoms with E-state index >= 15 is 0 Å². The van der Waals surface area contributed by atoms with Gasteiger partial charge in [0.25, 0.3) is 5.69 Å². The van der Waals surface area contributed by atoms with Gasteiger partial charge in [-0.3, -0.25) is 14.9 Å². The molecule has 1 aromatic rings. The van der Waals surface area contributed by atoms with Crippen molar-refractivity contribution >= 4 is 23.2 Å². The lowest BCUT2D eigenvalue weighted by atomic mass is 10.1. The van der Waals surface area contributed by atoms with Gasteiger partial charge in [0.2, 0.25) is 5.91 Å². The van der Waals surface area contributed by atoms with Gasteiger partial charge in [-0.1, -0.05) is 23.7 Å². The highest BCUT2D eigenvalue weighted by atomic mass is 35.5. The molecule has 0 saturated heterocycles. The number of amides is 1. The van der Waals surface area contributed by atoms with E-state index in [1.807, 2.05) is 0 Å². The molecule has 0 bridgehead atoms. The van der Waals surface area contributed by atoms with Gasteiger partial charge in [0.15, 0.2) is 0 Å². The molecule has 0 unspecified atom stereocenters. The van der Waals surface area contributed by atoms with Crippen LogP contribution in [0.1, 0.15) is 5.56 Å². The number of nitro benzene ring substituents is 1. The molecule has 1 aromatic carbocycles. The van der Waals surface area contributed by atoms with Crippen LogP contribution in [0.3, 0.4) is 0 Å². The van der Waals surface area contributed by atoms with Crippen molar-refractivity contribution in [1.82, 2.24) is 0 Å². The number of nitro groups is 1. The largest absolute Gasteiger partial charge is 0.369 e. The smallest absolute Gasteiger partial charge is 0.288 e. The lowest BCUT2D eigenvalue weighted by Gasteiger charge is -2.01. The Labute approximate surface area is 84.6 Å². The summed E-state index contributed by atoms with van der Waals surface area (Å²) in [6.07, 6.45) is -0.0967. The Morgan fingerprint density at radius 1 is 1.57 bits per heavy atom. The fraction of sp³-hybridized carbons (Fsp3) is 0.125. The van der Waals surface area contributed by atoms with Crippen molar-refractivity contribution in [3.63, 3.8) is 0 Å². The molecule has 0 atom stereocenters. The third-order valence-corrected chi connectivity index (χ3v) is 2.06. The van der Waals surface area contributed by atoms with E-state index in [1.165, 1.54) is 18.2 Å². The van der Waals surface area contributed by atoms with Gasteiger partial charge in [-0.15, -0.1) is 0 Å². The van der Waals surface area contributed by atoms with Crippen LogP contribution < -0.4 is 5.73 Å². The SMILES string of the molecule is NC(=O)Cc1cccc([N+](=O)[O-])c1Cl. The summed E-state index contributed by atoms with van der Waals surface area (Å²) in [4.78, 5) is 20.5. The summed E-state index contributed by atoms with van der Waals surface area (Å²) in [5.41, 5.74) is 5.10. The Hall–Kier alpha value is -1.62. The van der Waals surface area contributed by atoms with Gasteiger partial charge >= 0.3 is 0 Å². The summed E-state index contributed by atoms with van der Waals surface area (Å²) < 4.78 is 0. The number of carbonyl (C=O) groups excluding carboxylic acids is 1. The van der Waals surface area contributed by atoms with E-state index < -0.39 is 10.8 Å². The quantitative estimate of drug-likeness (QED) is 0.607. The molecule has 0 heterocycles. The molecule has 6 heteroatoms. The van der Waals surface area contributed by atoms with Crippen LogP contribution in [0.4, 0.5) is 5.69 Å². The van der Waals surface area contributed by atoms with E-state index in [4.69, 9.17) is 17.3 Å². The summed E-state index contributed by atoms with van der Waals surface area (Å²) >= 11 is 5.70. The van der Waals surface area contributed by atoms with Crippen molar-refractivity contribution in [3.8, 4) is 0 Å². The summed E-state index contributed by atoms with van der Waals surface area (Å²) in [6.45, 7) is 0. The maximum Gasteiger partial charge on any atom is 0.288 e. The number of halogens is 1. The summed E-state index contributed by atoms with van der Waals surface area (Å²) in [6, 6.07) is 4.26. The second-order valence-corrected chi connectivity index (χ2v) is 3.03. The number of benzene rings is 1. The van der Waals surface area contributed by atoms with Crippen LogP contribution in [0, 0.1) is 10.1 Å². The van der Waals surface area contributed by atoms with Crippen molar-refractivity contribution in [2.24, 2.45) is 5.73 Å². The molecule has 0 fully saturated rings. The van der Waals surface area contributed by atoms with E-state index in [9.17, 15) is 14.9 Å². The molecule has 0 aliphatic carbocycles. The maximum atomic E-state index is 10.6. The first-order chi connectivity index (χ1) is 6.52. The van der Waals surface area contributed by atoms with Crippen LogP contribution in [0.15, 0.2) is 18.2 Å². The Balaban J connectivity index is 3.13. The van der Waals surface area contributed by atoms with Gasteiger partial charge in [0.05, 0.1) is 11.3 Å². The number of carbonyl (C=O) groups is 1. The molecule has 0 aliphatic heterocycles. The highest BCUT2D eigenvalue weighted by Crippen LogP contribution is 2.27. The molecule has 0 radical (unpaired) electrons. The molecule has 0 saturated carbocycles. The maximum absolute atomic E-state index is 10.6. The summed E-state index contributed by atoms with van der Waals surface area (Å²) in [5, 5.41) is 10.4. The highest BCUT2D eigenvalue weighted by Gasteiger charge is 2.15. The number of rotatable bonds is 3. The minimum Gasteiger partial charge on any atom is -0.369 e. The molecule has 1 amide bonds. The lowest BCUT2D eigenvalue weighted by Crippen LogP contribution is -2.14. The number of nitrogens with two attached hydrogens (primary N) is 1. The molecule has 0 aromatic heterocycles. The molecule has 5 nitrogen and oxygen atoms in total. The Morgan fingerprint density at radius 3 is 2.71 bits per heavy atom. The summed E-state index contributed by atoms with van der Waals surface area (Å²) in [5.74, 6) is -0.576. The first kappa shape index (κ1) is 10.5. The predicted octanol–water partition coefficient (Wildman–Crippen LogP) is 1.28. The average Bonchev–Trinajstić information content (AvgIpc) is 2.07. The Bertz CT molecular complexity index is 392. The van der Waals surface area contributed by atoms with Crippen molar-refractivity contribution in [1.29, 1.82) is 0 Å². The second-order valence-electron chi connectivity index (χ2n) is 2.65. The topological polar surface area (TPSA) is 86.2 Å². The standard InChI is InChI=1S/C8H7ClN2O3/c9-8-5(4-7(10)12)2-1-3-6(8)11(13)14/h1-3H,4H2,(H2,10,12). The van der Waals surface area contributed by atoms with E-state index in [-0.39, 0.29) is 17.1 Å². The van der Waals surface area contributed by atoms with Crippen molar-refractivity contribution < 1.29 is 9.72 Å². The van der Waals surface area contributed by atoms with E-state index in [2.05, 4.69) is 0 Å². The highest BCUT2D eigenvalue weighted by molar-refractivity contribution is 6.33. The Kier molecular flexibility index (Phi) is 3.03. The van der Waals surface area contributed by atoms with Crippen LogP contribution in [-0.2, 0) is 11.2 Å². The molecule has 14 heavy (non-hydrogen) atoms. The van der Waals surface area contributed by atoms with Gasteiger partial charge < -0.3 is 5.73 Å². The number of nitrogens with zero attached hydrogens (tertiary/aromatic N) is 1. The van der Waals surface area contributed by atoms with E-state index in [0.29, 0.717) is 5.56 Å². The van der Waals surface area contributed by atoms with Crippen LogP contribution in [-0.4, -0.2) is 10.8 Å². The van der Waals surface area contributed by atoms with Crippen LogP contribution in [0.25, 0.3) is 0 Å². The molecule has 2 N–H and O–H groups in total. The monoisotopic (exact) mass is 214 g/mol. The van der Waals surface area contributed by atoms with Crippen LogP contribution >= 0.6 is 11.6 Å². The molecular weight excluding hydrogens is 208 g/mol. The van der Waals surface area contributed by atoms with E-state index in [0.717, 1.165) is 0 Å². The summed E-state index contributed by atoms with van der Waals surface area (Å²) in [7, 11) is 0. The molecule has 1 rings (SSSR count). The van der Waals surface area contributed by atoms with Gasteiger partial charge in [-0.05, 0) is 5.56 Å². The lowest BCUT2D eigenvalue weighted by molar-refractivity contribution is -0.384. The zero-order valence-corrected chi connectivity index (χ0v) is 7.82. The molecule has 74 valence electrons. The average molecular weight is 215 g/mol. The zero-order chi connectivity index (χ0) is 10.7. The van der Waals surface area contributed by atoms with Gasteiger partial charge in [-0.25, -0.2) is 0 Å². The van der Waals surface area contributed by atoms with Crippen molar-refractivity contribution in [3.05, 3.63) is 38.9 Å². The third-order valence-electron chi connectivity index (χ3n) is 1.62. The van der Waals surface area contributed by atoms with Gasteiger partial charge in [0.1, 0.15) is 5.02 Å². The minimum absolute atomic E-state index is 0.0312. The fourth-order valence-corrected chi connectivity index (χ4v) is 1.29. The third kappa shape index (κ3) is 2.20. The zero-order valence-electron chi connectivity index (χ0n) is 7.07. The van der Waals surface area contributed by atoms with Gasteiger partial charge in [0, 0.05) is 6.07 Å². The Morgan fingerprint density at radius 2 is 2.21 bits per heavy atom.